The van der Waals surface area contributed by atoms with E-state index in [-0.39, 0.29) is 5.97 Å². The molecule has 0 saturated heterocycles. The number of esters is 1. The molecule has 0 aliphatic rings. The van der Waals surface area contributed by atoms with Gasteiger partial charge in [0.2, 0.25) is 0 Å². The van der Waals surface area contributed by atoms with Crippen molar-refractivity contribution in [1.29, 1.82) is 0 Å². The summed E-state index contributed by atoms with van der Waals surface area (Å²) in [7, 11) is 0. The molecule has 0 amide bonds. The van der Waals surface area contributed by atoms with E-state index in [2.05, 4.69) is 31.0 Å². The topological polar surface area (TPSA) is 48.4 Å². The van der Waals surface area contributed by atoms with Crippen LogP contribution in [0.1, 0.15) is 84.1 Å². The van der Waals surface area contributed by atoms with E-state index in [1.165, 1.54) is 50.5 Å². The van der Waals surface area contributed by atoms with Gasteiger partial charge in [-0.2, -0.15) is 0 Å². The summed E-state index contributed by atoms with van der Waals surface area (Å²) in [5.41, 5.74) is 3.28. The normalized spacial score (nSPS) is 11.8. The molecule has 0 radical (unpaired) electrons. The van der Waals surface area contributed by atoms with Crippen LogP contribution in [-0.4, -0.2) is 23.7 Å². The van der Waals surface area contributed by atoms with Crippen LogP contribution >= 0.6 is 0 Å². The van der Waals surface area contributed by atoms with Gasteiger partial charge >= 0.3 is 5.97 Å². The van der Waals surface area contributed by atoms with Gasteiger partial charge in [-0.3, -0.25) is 4.98 Å². The zero-order chi connectivity index (χ0) is 22.3. The van der Waals surface area contributed by atoms with Crippen LogP contribution in [0.3, 0.4) is 0 Å². The Morgan fingerprint density at radius 2 is 1.55 bits per heavy atom. The van der Waals surface area contributed by atoms with Crippen LogP contribution in [-0.2, 0) is 16.0 Å². The van der Waals surface area contributed by atoms with Crippen LogP contribution in [0.15, 0.2) is 42.6 Å². The molecule has 2 rings (SSSR count). The fourth-order valence-electron chi connectivity index (χ4n) is 3.42. The largest absolute Gasteiger partial charge is 0.479 e. The molecule has 0 aliphatic carbocycles. The van der Waals surface area contributed by atoms with Crippen LogP contribution in [0, 0.1) is 0 Å². The molecule has 170 valence electrons. The van der Waals surface area contributed by atoms with E-state index in [9.17, 15) is 4.79 Å². The Balaban J connectivity index is 1.77. The van der Waals surface area contributed by atoms with Crippen LogP contribution < -0.4 is 4.74 Å². The van der Waals surface area contributed by atoms with Crippen molar-refractivity contribution in [2.24, 2.45) is 0 Å². The van der Waals surface area contributed by atoms with Gasteiger partial charge < -0.3 is 9.47 Å². The number of hydrogen-bond acceptors (Lipinski definition) is 4. The van der Waals surface area contributed by atoms with Crippen LogP contribution in [0.25, 0.3) is 11.3 Å². The van der Waals surface area contributed by atoms with Crippen molar-refractivity contribution < 1.29 is 14.3 Å². The van der Waals surface area contributed by atoms with E-state index in [1.807, 2.05) is 30.5 Å². The summed E-state index contributed by atoms with van der Waals surface area (Å²) in [6, 6.07) is 12.0. The van der Waals surface area contributed by atoms with E-state index in [0.29, 0.717) is 12.4 Å². The van der Waals surface area contributed by atoms with Gasteiger partial charge in [-0.25, -0.2) is 4.79 Å². The Hall–Kier alpha value is -2.36. The molecule has 4 heteroatoms. The van der Waals surface area contributed by atoms with Gasteiger partial charge in [-0.15, -0.1) is 0 Å². The maximum atomic E-state index is 11.9. The molecular formula is C27H39NO3. The molecular weight excluding hydrogens is 386 g/mol. The highest BCUT2D eigenvalue weighted by molar-refractivity contribution is 5.74. The van der Waals surface area contributed by atoms with Crippen molar-refractivity contribution in [2.45, 2.75) is 91.1 Å². The van der Waals surface area contributed by atoms with Crippen molar-refractivity contribution in [1.82, 2.24) is 4.98 Å². The number of carbonyl (C=O) groups is 1. The number of hydrogen-bond donors (Lipinski definition) is 0. The molecule has 0 spiro atoms. The first kappa shape index (κ1) is 24.9. The van der Waals surface area contributed by atoms with Gasteiger partial charge in [0, 0.05) is 11.8 Å². The predicted octanol–water partition coefficient (Wildman–Crippen LogP) is 7.15. The monoisotopic (exact) mass is 425 g/mol. The second-order valence-corrected chi connectivity index (χ2v) is 8.23. The van der Waals surface area contributed by atoms with Gasteiger partial charge in [-0.05, 0) is 62.1 Å². The smallest absolute Gasteiger partial charge is 0.347 e. The first-order valence-corrected chi connectivity index (χ1v) is 12.0. The molecule has 1 aromatic heterocycles. The third kappa shape index (κ3) is 9.54. The molecule has 0 fully saturated rings. The number of unbranched alkanes of at least 4 members (excludes halogenated alkanes) is 7. The molecule has 31 heavy (non-hydrogen) atoms. The van der Waals surface area contributed by atoms with E-state index in [4.69, 9.17) is 9.47 Å². The third-order valence-corrected chi connectivity index (χ3v) is 5.43. The summed E-state index contributed by atoms with van der Waals surface area (Å²) in [5, 5.41) is 0. The number of benzene rings is 1. The third-order valence-electron chi connectivity index (χ3n) is 5.43. The van der Waals surface area contributed by atoms with Crippen molar-refractivity contribution in [3.8, 4) is 17.0 Å². The Kier molecular flexibility index (Phi) is 11.7. The molecule has 0 bridgehead atoms. The Bertz CT molecular complexity index is 740. The molecule has 2 aromatic rings. The number of nitrogens with zero attached hydrogens (tertiary/aromatic N) is 1. The second-order valence-electron chi connectivity index (χ2n) is 8.23. The number of aromatic nitrogens is 1. The Morgan fingerprint density at radius 3 is 2.19 bits per heavy atom. The number of ether oxygens (including phenoxy) is 2. The van der Waals surface area contributed by atoms with Crippen molar-refractivity contribution in [2.75, 3.05) is 6.61 Å². The fraction of sp³-hybridized carbons (Fsp3) is 0.556. The van der Waals surface area contributed by atoms with Crippen molar-refractivity contribution >= 4 is 5.97 Å². The zero-order valence-corrected chi connectivity index (χ0v) is 19.6. The van der Waals surface area contributed by atoms with Crippen molar-refractivity contribution in [3.05, 3.63) is 48.2 Å². The highest BCUT2D eigenvalue weighted by atomic mass is 16.6. The number of carbonyl (C=O) groups excluding carboxylic acids is 1. The average Bonchev–Trinajstić information content (AvgIpc) is 2.79. The highest BCUT2D eigenvalue weighted by Crippen LogP contribution is 2.22. The van der Waals surface area contributed by atoms with Gasteiger partial charge in [0.15, 0.2) is 6.10 Å². The van der Waals surface area contributed by atoms with Crippen molar-refractivity contribution in [3.63, 3.8) is 0 Å². The zero-order valence-electron chi connectivity index (χ0n) is 19.6. The van der Waals surface area contributed by atoms with E-state index in [1.54, 1.807) is 6.92 Å². The minimum atomic E-state index is -0.619. The molecule has 0 N–H and O–H groups in total. The summed E-state index contributed by atoms with van der Waals surface area (Å²) >= 11 is 0. The quantitative estimate of drug-likeness (QED) is 0.224. The summed E-state index contributed by atoms with van der Waals surface area (Å²) in [4.78, 5) is 16.6. The lowest BCUT2D eigenvalue weighted by molar-refractivity contribution is -0.151. The van der Waals surface area contributed by atoms with E-state index in [0.717, 1.165) is 30.5 Å². The SMILES string of the molecule is CCCCCCCCCc1ccc(-c2ccc(OC(C)C(=O)OCCCC)cc2)nc1. The maximum Gasteiger partial charge on any atom is 0.347 e. The average molecular weight is 426 g/mol. The summed E-state index contributed by atoms with van der Waals surface area (Å²) in [6.07, 6.45) is 13.6. The summed E-state index contributed by atoms with van der Waals surface area (Å²) in [5.74, 6) is 0.329. The standard InChI is InChI=1S/C27H39NO3/c1-4-6-8-9-10-11-12-13-23-14-19-26(28-21-23)24-15-17-25(18-16-24)31-22(3)27(29)30-20-7-5-2/h14-19,21-22H,4-13,20H2,1-3H3. The molecule has 1 aromatic carbocycles. The molecule has 4 nitrogen and oxygen atoms in total. The summed E-state index contributed by atoms with van der Waals surface area (Å²) < 4.78 is 10.9. The van der Waals surface area contributed by atoms with Gasteiger partial charge in [0.25, 0.3) is 0 Å². The molecule has 0 saturated carbocycles. The Morgan fingerprint density at radius 1 is 0.871 bits per heavy atom. The number of pyridine rings is 1. The highest BCUT2D eigenvalue weighted by Gasteiger charge is 2.16. The Labute approximate surface area is 188 Å². The second kappa shape index (κ2) is 14.6. The fourth-order valence-corrected chi connectivity index (χ4v) is 3.42. The first-order chi connectivity index (χ1) is 15.1. The lowest BCUT2D eigenvalue weighted by Crippen LogP contribution is -2.26. The number of aryl methyl sites for hydroxylation is 1. The van der Waals surface area contributed by atoms with Crippen LogP contribution in [0.4, 0.5) is 0 Å². The number of rotatable bonds is 15. The predicted molar refractivity (Wildman–Crippen MR) is 127 cm³/mol. The summed E-state index contributed by atoms with van der Waals surface area (Å²) in [6.45, 7) is 6.48. The minimum absolute atomic E-state index is 0.323. The molecule has 1 atom stereocenters. The van der Waals surface area contributed by atoms with Crippen LogP contribution in [0.5, 0.6) is 5.75 Å². The van der Waals surface area contributed by atoms with E-state index >= 15 is 0 Å². The molecule has 1 unspecified atom stereocenters. The maximum absolute atomic E-state index is 11.9. The van der Waals surface area contributed by atoms with E-state index < -0.39 is 6.10 Å². The lowest BCUT2D eigenvalue weighted by atomic mass is 10.0. The van der Waals surface area contributed by atoms with Gasteiger partial charge in [0.1, 0.15) is 5.75 Å². The first-order valence-electron chi connectivity index (χ1n) is 12.0. The molecule has 0 aliphatic heterocycles. The van der Waals surface area contributed by atoms with Gasteiger partial charge in [-0.1, -0.05) is 64.9 Å². The lowest BCUT2D eigenvalue weighted by Gasteiger charge is -2.14. The molecule has 1 heterocycles. The minimum Gasteiger partial charge on any atom is -0.479 e. The van der Waals surface area contributed by atoms with Crippen LogP contribution in [0.2, 0.25) is 0 Å². The van der Waals surface area contributed by atoms with Gasteiger partial charge in [0.05, 0.1) is 12.3 Å².